The third-order valence-corrected chi connectivity index (χ3v) is 4.85. The zero-order chi connectivity index (χ0) is 15.5. The van der Waals surface area contributed by atoms with Gasteiger partial charge in [0.25, 0.3) is 0 Å². The molecule has 6 nitrogen and oxygen atoms in total. The maximum Gasteiger partial charge on any atom is 0.243 e. The molecular formula is C13H20N2O4S. The van der Waals surface area contributed by atoms with Crippen molar-refractivity contribution in [3.8, 4) is 0 Å². The van der Waals surface area contributed by atoms with Crippen LogP contribution in [0.2, 0.25) is 0 Å². The molecule has 1 rings (SSSR count). The van der Waals surface area contributed by atoms with Gasteiger partial charge in [-0.3, -0.25) is 4.79 Å². The topological polar surface area (TPSA) is 101 Å². The molecule has 1 unspecified atom stereocenters. The SMILES string of the molecule is CC(O)c1cccc(S(=O)(=O)N(CC(N)=O)C(C)C)c1. The molecular weight excluding hydrogens is 280 g/mol. The lowest BCUT2D eigenvalue weighted by Crippen LogP contribution is -2.42. The summed E-state index contributed by atoms with van der Waals surface area (Å²) in [5.41, 5.74) is 5.59. The molecule has 0 fully saturated rings. The summed E-state index contributed by atoms with van der Waals surface area (Å²) in [4.78, 5) is 11.1. The highest BCUT2D eigenvalue weighted by molar-refractivity contribution is 7.89. The van der Waals surface area contributed by atoms with Crippen molar-refractivity contribution in [2.75, 3.05) is 6.54 Å². The van der Waals surface area contributed by atoms with Crippen molar-refractivity contribution in [2.45, 2.75) is 37.8 Å². The second kappa shape index (κ2) is 6.34. The lowest BCUT2D eigenvalue weighted by Gasteiger charge is -2.24. The van der Waals surface area contributed by atoms with Gasteiger partial charge < -0.3 is 10.8 Å². The van der Waals surface area contributed by atoms with E-state index in [9.17, 15) is 18.3 Å². The number of carbonyl (C=O) groups excluding carboxylic acids is 1. The summed E-state index contributed by atoms with van der Waals surface area (Å²) in [6, 6.07) is 5.62. The molecule has 7 heteroatoms. The second-order valence-corrected chi connectivity index (χ2v) is 6.75. The average molecular weight is 300 g/mol. The summed E-state index contributed by atoms with van der Waals surface area (Å²) in [7, 11) is -3.83. The van der Waals surface area contributed by atoms with E-state index in [0.29, 0.717) is 5.56 Å². The van der Waals surface area contributed by atoms with Crippen molar-refractivity contribution >= 4 is 15.9 Å². The fraction of sp³-hybridized carbons (Fsp3) is 0.462. The van der Waals surface area contributed by atoms with Gasteiger partial charge in [-0.05, 0) is 38.5 Å². The molecule has 0 aliphatic carbocycles. The van der Waals surface area contributed by atoms with E-state index in [1.807, 2.05) is 0 Å². The number of nitrogens with two attached hydrogens (primary N) is 1. The third kappa shape index (κ3) is 3.78. The molecule has 0 aliphatic rings. The second-order valence-electron chi connectivity index (χ2n) is 4.86. The molecule has 0 saturated heterocycles. The summed E-state index contributed by atoms with van der Waals surface area (Å²) in [5, 5.41) is 9.52. The third-order valence-electron chi connectivity index (χ3n) is 2.83. The van der Waals surface area contributed by atoms with Crippen LogP contribution in [-0.4, -0.2) is 36.3 Å². The summed E-state index contributed by atoms with van der Waals surface area (Å²) in [6.07, 6.45) is -0.770. The van der Waals surface area contributed by atoms with Gasteiger partial charge in [-0.2, -0.15) is 4.31 Å². The van der Waals surface area contributed by atoms with Gasteiger partial charge in [0, 0.05) is 6.04 Å². The van der Waals surface area contributed by atoms with Crippen LogP contribution in [0.5, 0.6) is 0 Å². The zero-order valence-electron chi connectivity index (χ0n) is 11.8. The van der Waals surface area contributed by atoms with Gasteiger partial charge in [0.1, 0.15) is 0 Å². The summed E-state index contributed by atoms with van der Waals surface area (Å²) in [5.74, 6) is -0.714. The van der Waals surface area contributed by atoms with Crippen molar-refractivity contribution in [1.29, 1.82) is 0 Å². The molecule has 0 bridgehead atoms. The molecule has 0 aromatic heterocycles. The van der Waals surface area contributed by atoms with Crippen molar-refractivity contribution in [3.63, 3.8) is 0 Å². The number of primary amides is 1. The number of nitrogens with zero attached hydrogens (tertiary/aromatic N) is 1. The van der Waals surface area contributed by atoms with Gasteiger partial charge in [-0.1, -0.05) is 12.1 Å². The molecule has 0 aliphatic heterocycles. The summed E-state index contributed by atoms with van der Waals surface area (Å²) >= 11 is 0. The fourth-order valence-corrected chi connectivity index (χ4v) is 3.43. The highest BCUT2D eigenvalue weighted by Gasteiger charge is 2.28. The average Bonchev–Trinajstić information content (AvgIpc) is 2.35. The molecule has 1 aromatic rings. The van der Waals surface area contributed by atoms with E-state index in [1.165, 1.54) is 12.1 Å². The molecule has 1 aromatic carbocycles. The van der Waals surface area contributed by atoms with Gasteiger partial charge in [0.15, 0.2) is 0 Å². The Kier molecular flexibility index (Phi) is 5.27. The highest BCUT2D eigenvalue weighted by atomic mass is 32.2. The van der Waals surface area contributed by atoms with E-state index < -0.39 is 28.1 Å². The first-order valence-electron chi connectivity index (χ1n) is 6.24. The normalized spacial score (nSPS) is 13.7. The number of hydrogen-bond donors (Lipinski definition) is 2. The van der Waals surface area contributed by atoms with E-state index in [0.717, 1.165) is 4.31 Å². The number of sulfonamides is 1. The van der Waals surface area contributed by atoms with Gasteiger partial charge in [-0.25, -0.2) is 8.42 Å². The smallest absolute Gasteiger partial charge is 0.243 e. The fourth-order valence-electron chi connectivity index (χ4n) is 1.77. The number of aliphatic hydroxyl groups is 1. The largest absolute Gasteiger partial charge is 0.389 e. The maximum atomic E-state index is 12.5. The Hall–Kier alpha value is -1.44. The van der Waals surface area contributed by atoms with Crippen molar-refractivity contribution in [2.24, 2.45) is 5.73 Å². The maximum absolute atomic E-state index is 12.5. The predicted octanol–water partition coefficient (Wildman–Crippen LogP) is 0.624. The van der Waals surface area contributed by atoms with Crippen LogP contribution < -0.4 is 5.73 Å². The number of amides is 1. The lowest BCUT2D eigenvalue weighted by atomic mass is 10.1. The van der Waals surface area contributed by atoms with Crippen LogP contribution in [0.1, 0.15) is 32.4 Å². The molecule has 1 atom stereocenters. The first-order valence-corrected chi connectivity index (χ1v) is 7.68. The monoisotopic (exact) mass is 300 g/mol. The Balaban J connectivity index is 3.26. The predicted molar refractivity (Wildman–Crippen MR) is 75.3 cm³/mol. The van der Waals surface area contributed by atoms with E-state index in [1.54, 1.807) is 32.9 Å². The van der Waals surface area contributed by atoms with E-state index in [4.69, 9.17) is 5.73 Å². The molecule has 0 saturated carbocycles. The van der Waals surface area contributed by atoms with Crippen molar-refractivity contribution < 1.29 is 18.3 Å². The Morgan fingerprint density at radius 3 is 2.40 bits per heavy atom. The minimum absolute atomic E-state index is 0.0332. The standard InChI is InChI=1S/C13H20N2O4S/c1-9(2)15(8-13(14)17)20(18,19)12-6-4-5-11(7-12)10(3)16/h4-7,9-10,16H,8H2,1-3H3,(H2,14,17). The molecule has 3 N–H and O–H groups in total. The molecule has 0 heterocycles. The van der Waals surface area contributed by atoms with E-state index in [-0.39, 0.29) is 11.4 Å². The van der Waals surface area contributed by atoms with Crippen LogP contribution in [0.3, 0.4) is 0 Å². The molecule has 0 spiro atoms. The first-order chi connectivity index (χ1) is 9.16. The van der Waals surface area contributed by atoms with Crippen LogP contribution in [0.15, 0.2) is 29.2 Å². The molecule has 20 heavy (non-hydrogen) atoms. The van der Waals surface area contributed by atoms with Gasteiger partial charge in [0.05, 0.1) is 17.5 Å². The van der Waals surface area contributed by atoms with Gasteiger partial charge in [0.2, 0.25) is 15.9 Å². The van der Waals surface area contributed by atoms with Crippen LogP contribution >= 0.6 is 0 Å². The zero-order valence-corrected chi connectivity index (χ0v) is 12.6. The number of benzene rings is 1. The highest BCUT2D eigenvalue weighted by Crippen LogP contribution is 2.21. The minimum Gasteiger partial charge on any atom is -0.389 e. The van der Waals surface area contributed by atoms with Crippen LogP contribution in [0.25, 0.3) is 0 Å². The Morgan fingerprint density at radius 2 is 1.95 bits per heavy atom. The van der Waals surface area contributed by atoms with Crippen LogP contribution in [0.4, 0.5) is 0 Å². The van der Waals surface area contributed by atoms with Crippen LogP contribution in [-0.2, 0) is 14.8 Å². The van der Waals surface area contributed by atoms with E-state index in [2.05, 4.69) is 0 Å². The van der Waals surface area contributed by atoms with Crippen molar-refractivity contribution in [1.82, 2.24) is 4.31 Å². The lowest BCUT2D eigenvalue weighted by molar-refractivity contribution is -0.118. The summed E-state index contributed by atoms with van der Waals surface area (Å²) < 4.78 is 26.1. The van der Waals surface area contributed by atoms with Gasteiger partial charge in [-0.15, -0.1) is 0 Å². The number of aliphatic hydroxyl groups excluding tert-OH is 1. The number of rotatable bonds is 6. The molecule has 0 radical (unpaired) electrons. The summed E-state index contributed by atoms with van der Waals surface area (Å²) in [6.45, 7) is 4.51. The quantitative estimate of drug-likeness (QED) is 0.804. The van der Waals surface area contributed by atoms with Crippen molar-refractivity contribution in [3.05, 3.63) is 29.8 Å². The van der Waals surface area contributed by atoms with Gasteiger partial charge >= 0.3 is 0 Å². The van der Waals surface area contributed by atoms with Crippen LogP contribution in [0, 0.1) is 0 Å². The number of carbonyl (C=O) groups is 1. The molecule has 1 amide bonds. The Labute approximate surface area is 119 Å². The Bertz CT molecular complexity index is 582. The first kappa shape index (κ1) is 16.6. The molecule has 112 valence electrons. The van der Waals surface area contributed by atoms with E-state index >= 15 is 0 Å². The minimum atomic E-state index is -3.83. The number of hydrogen-bond acceptors (Lipinski definition) is 4. The Morgan fingerprint density at radius 1 is 1.35 bits per heavy atom.